The van der Waals surface area contributed by atoms with Gasteiger partial charge in [0.2, 0.25) is 5.89 Å². The van der Waals surface area contributed by atoms with E-state index in [2.05, 4.69) is 22.0 Å². The Labute approximate surface area is 97.1 Å². The number of hydrogen-bond donors (Lipinski definition) is 1. The topological polar surface area (TPSA) is 51.0 Å². The van der Waals surface area contributed by atoms with E-state index >= 15 is 0 Å². The maximum atomic E-state index is 5.01. The Morgan fingerprint density at radius 1 is 1.31 bits per heavy atom. The Morgan fingerprint density at radius 3 is 2.88 bits per heavy atom. The van der Waals surface area contributed by atoms with E-state index in [4.69, 9.17) is 4.52 Å². The number of aryl methyl sites for hydroxylation is 1. The van der Waals surface area contributed by atoms with E-state index in [1.807, 2.05) is 13.0 Å². The zero-order chi connectivity index (χ0) is 11.6. The lowest BCUT2D eigenvalue weighted by Crippen LogP contribution is -2.18. The van der Waals surface area contributed by atoms with Crippen LogP contribution in [-0.4, -0.2) is 23.2 Å². The molecule has 0 fully saturated rings. The SMILES string of the molecule is C=CCCCCCNCCc1nc(C)no1. The van der Waals surface area contributed by atoms with Crippen molar-refractivity contribution in [3.05, 3.63) is 24.4 Å². The maximum Gasteiger partial charge on any atom is 0.227 e. The molecule has 0 atom stereocenters. The van der Waals surface area contributed by atoms with Gasteiger partial charge in [-0.15, -0.1) is 6.58 Å². The smallest absolute Gasteiger partial charge is 0.227 e. The first kappa shape index (κ1) is 12.9. The molecule has 0 radical (unpaired) electrons. The highest BCUT2D eigenvalue weighted by atomic mass is 16.5. The zero-order valence-corrected chi connectivity index (χ0v) is 10.0. The summed E-state index contributed by atoms with van der Waals surface area (Å²) in [5, 5.41) is 7.11. The lowest BCUT2D eigenvalue weighted by Gasteiger charge is -2.01. The van der Waals surface area contributed by atoms with Crippen molar-refractivity contribution in [2.75, 3.05) is 13.1 Å². The standard InChI is InChI=1S/C12H21N3O/c1-3-4-5-6-7-9-13-10-8-12-14-11(2)15-16-12/h3,13H,1,4-10H2,2H3. The molecule has 90 valence electrons. The summed E-state index contributed by atoms with van der Waals surface area (Å²) in [7, 11) is 0. The lowest BCUT2D eigenvalue weighted by molar-refractivity contribution is 0.372. The third kappa shape index (κ3) is 5.66. The van der Waals surface area contributed by atoms with E-state index in [0.29, 0.717) is 5.82 Å². The molecular formula is C12H21N3O. The fourth-order valence-corrected chi connectivity index (χ4v) is 1.48. The van der Waals surface area contributed by atoms with E-state index in [0.717, 1.165) is 31.8 Å². The second-order valence-electron chi connectivity index (χ2n) is 3.87. The molecule has 0 unspecified atom stereocenters. The molecule has 1 N–H and O–H groups in total. The van der Waals surface area contributed by atoms with Crippen LogP contribution in [0.15, 0.2) is 17.2 Å². The monoisotopic (exact) mass is 223 g/mol. The lowest BCUT2D eigenvalue weighted by atomic mass is 10.2. The molecule has 16 heavy (non-hydrogen) atoms. The van der Waals surface area contributed by atoms with Gasteiger partial charge in [0.25, 0.3) is 0 Å². The summed E-state index contributed by atoms with van der Waals surface area (Å²) in [5.74, 6) is 1.43. The molecule has 1 aromatic rings. The first-order valence-corrected chi connectivity index (χ1v) is 5.93. The molecule has 0 aliphatic carbocycles. The van der Waals surface area contributed by atoms with Gasteiger partial charge in [-0.3, -0.25) is 0 Å². The molecule has 0 aliphatic heterocycles. The van der Waals surface area contributed by atoms with Gasteiger partial charge >= 0.3 is 0 Å². The number of allylic oxidation sites excluding steroid dienone is 1. The highest BCUT2D eigenvalue weighted by Gasteiger charge is 2.00. The molecule has 0 aromatic carbocycles. The van der Waals surface area contributed by atoms with Crippen molar-refractivity contribution in [2.45, 2.75) is 39.0 Å². The van der Waals surface area contributed by atoms with Crippen LogP contribution >= 0.6 is 0 Å². The van der Waals surface area contributed by atoms with Crippen LogP contribution in [0.2, 0.25) is 0 Å². The summed E-state index contributed by atoms with van der Waals surface area (Å²) in [6.07, 6.45) is 7.64. The molecule has 0 bridgehead atoms. The number of hydrogen-bond acceptors (Lipinski definition) is 4. The molecule has 1 heterocycles. The van der Waals surface area contributed by atoms with Gasteiger partial charge in [-0.1, -0.05) is 17.7 Å². The average molecular weight is 223 g/mol. The number of aromatic nitrogens is 2. The van der Waals surface area contributed by atoms with E-state index in [1.165, 1.54) is 19.3 Å². The van der Waals surface area contributed by atoms with Crippen molar-refractivity contribution in [3.8, 4) is 0 Å². The van der Waals surface area contributed by atoms with E-state index < -0.39 is 0 Å². The third-order valence-corrected chi connectivity index (χ3v) is 2.35. The van der Waals surface area contributed by atoms with Gasteiger partial charge in [-0.25, -0.2) is 0 Å². The van der Waals surface area contributed by atoms with E-state index in [-0.39, 0.29) is 0 Å². The number of nitrogens with zero attached hydrogens (tertiary/aromatic N) is 2. The average Bonchev–Trinajstić information content (AvgIpc) is 2.68. The highest BCUT2D eigenvalue weighted by Crippen LogP contribution is 1.99. The largest absolute Gasteiger partial charge is 0.339 e. The molecule has 0 spiro atoms. The van der Waals surface area contributed by atoms with Gasteiger partial charge in [0.1, 0.15) is 0 Å². The van der Waals surface area contributed by atoms with Gasteiger partial charge < -0.3 is 9.84 Å². The molecule has 0 aliphatic rings. The van der Waals surface area contributed by atoms with Crippen molar-refractivity contribution >= 4 is 0 Å². The summed E-state index contributed by atoms with van der Waals surface area (Å²) in [6, 6.07) is 0. The van der Waals surface area contributed by atoms with Gasteiger partial charge in [0.05, 0.1) is 0 Å². The Kier molecular flexibility index (Phi) is 6.49. The van der Waals surface area contributed by atoms with Crippen molar-refractivity contribution in [1.29, 1.82) is 0 Å². The molecule has 1 rings (SSSR count). The van der Waals surface area contributed by atoms with Gasteiger partial charge in [-0.05, 0) is 32.7 Å². The van der Waals surface area contributed by atoms with E-state index in [1.54, 1.807) is 0 Å². The minimum absolute atomic E-state index is 0.708. The molecule has 4 nitrogen and oxygen atoms in total. The normalized spacial score (nSPS) is 10.6. The van der Waals surface area contributed by atoms with Gasteiger partial charge in [-0.2, -0.15) is 4.98 Å². The maximum absolute atomic E-state index is 5.01. The Hall–Kier alpha value is -1.16. The molecule has 0 saturated carbocycles. The van der Waals surface area contributed by atoms with Crippen LogP contribution in [0.1, 0.15) is 37.4 Å². The minimum Gasteiger partial charge on any atom is -0.339 e. The number of unbranched alkanes of at least 4 members (excludes halogenated alkanes) is 3. The summed E-state index contributed by atoms with van der Waals surface area (Å²) < 4.78 is 5.01. The Balaban J connectivity index is 1.90. The third-order valence-electron chi connectivity index (χ3n) is 2.35. The van der Waals surface area contributed by atoms with Crippen LogP contribution in [0.4, 0.5) is 0 Å². The molecule has 1 aromatic heterocycles. The summed E-state index contributed by atoms with van der Waals surface area (Å²) in [6.45, 7) is 7.50. The Morgan fingerprint density at radius 2 is 2.19 bits per heavy atom. The van der Waals surface area contributed by atoms with Crippen LogP contribution in [0.5, 0.6) is 0 Å². The highest BCUT2D eigenvalue weighted by molar-refractivity contribution is 4.83. The number of nitrogens with one attached hydrogen (secondary N) is 1. The van der Waals surface area contributed by atoms with Crippen molar-refractivity contribution < 1.29 is 4.52 Å². The molecule has 4 heteroatoms. The Bertz CT molecular complexity index is 296. The molecular weight excluding hydrogens is 202 g/mol. The fraction of sp³-hybridized carbons (Fsp3) is 0.667. The van der Waals surface area contributed by atoms with Gasteiger partial charge in [0, 0.05) is 13.0 Å². The predicted octanol–water partition coefficient (Wildman–Crippen LogP) is 2.26. The first-order valence-electron chi connectivity index (χ1n) is 5.93. The summed E-state index contributed by atoms with van der Waals surface area (Å²) in [4.78, 5) is 4.14. The summed E-state index contributed by atoms with van der Waals surface area (Å²) >= 11 is 0. The van der Waals surface area contributed by atoms with Crippen LogP contribution in [0.25, 0.3) is 0 Å². The van der Waals surface area contributed by atoms with Crippen molar-refractivity contribution in [2.24, 2.45) is 0 Å². The van der Waals surface area contributed by atoms with Crippen LogP contribution in [0, 0.1) is 6.92 Å². The molecule has 0 amide bonds. The second-order valence-corrected chi connectivity index (χ2v) is 3.87. The van der Waals surface area contributed by atoms with E-state index in [9.17, 15) is 0 Å². The first-order chi connectivity index (χ1) is 7.83. The minimum atomic E-state index is 0.708. The second kappa shape index (κ2) is 8.05. The zero-order valence-electron chi connectivity index (χ0n) is 10.0. The fourth-order valence-electron chi connectivity index (χ4n) is 1.48. The van der Waals surface area contributed by atoms with Crippen molar-refractivity contribution in [1.82, 2.24) is 15.5 Å². The van der Waals surface area contributed by atoms with Crippen LogP contribution < -0.4 is 5.32 Å². The predicted molar refractivity (Wildman–Crippen MR) is 64.3 cm³/mol. The van der Waals surface area contributed by atoms with Crippen LogP contribution in [0.3, 0.4) is 0 Å². The van der Waals surface area contributed by atoms with Crippen molar-refractivity contribution in [3.63, 3.8) is 0 Å². The van der Waals surface area contributed by atoms with Gasteiger partial charge in [0.15, 0.2) is 5.82 Å². The van der Waals surface area contributed by atoms with Crippen LogP contribution in [-0.2, 0) is 6.42 Å². The number of rotatable bonds is 9. The summed E-state index contributed by atoms with van der Waals surface area (Å²) in [5.41, 5.74) is 0. The quantitative estimate of drug-likeness (QED) is 0.515. The molecule has 0 saturated heterocycles.